The number of carbonyl (C=O) groups is 1. The molecule has 0 saturated heterocycles. The van der Waals surface area contributed by atoms with E-state index in [9.17, 15) is 9.90 Å². The Morgan fingerprint density at radius 1 is 1.10 bits per heavy atom. The zero-order valence-corrected chi connectivity index (χ0v) is 11.7. The summed E-state index contributed by atoms with van der Waals surface area (Å²) in [6.45, 7) is 0. The Balaban J connectivity index is 1.83. The molecule has 1 heterocycles. The van der Waals surface area contributed by atoms with Crippen LogP contribution in [0.25, 0.3) is 0 Å². The van der Waals surface area contributed by atoms with Crippen molar-refractivity contribution < 1.29 is 9.90 Å². The molecule has 1 aliphatic heterocycles. The van der Waals surface area contributed by atoms with Gasteiger partial charge in [0.2, 0.25) is 0 Å². The fraction of sp³-hybridized carbons (Fsp3) is 0.278. The van der Waals surface area contributed by atoms with Gasteiger partial charge in [-0.1, -0.05) is 48.9 Å². The highest BCUT2D eigenvalue weighted by Crippen LogP contribution is 2.43. The summed E-state index contributed by atoms with van der Waals surface area (Å²) in [5, 5.41) is 13.8. The fourth-order valence-corrected chi connectivity index (χ4v) is 3.29. The molecule has 21 heavy (non-hydrogen) atoms. The predicted octanol–water partition coefficient (Wildman–Crippen LogP) is 3.14. The summed E-state index contributed by atoms with van der Waals surface area (Å²) in [6.07, 6.45) is 3.66. The minimum Gasteiger partial charge on any atom is -0.372 e. The first-order valence-corrected chi connectivity index (χ1v) is 7.43. The fourth-order valence-electron chi connectivity index (χ4n) is 3.29. The van der Waals surface area contributed by atoms with Crippen molar-refractivity contribution in [1.29, 1.82) is 0 Å². The molecule has 1 atom stereocenters. The summed E-state index contributed by atoms with van der Waals surface area (Å²) in [4.78, 5) is 12.4. The second-order valence-electron chi connectivity index (χ2n) is 5.96. The molecule has 0 spiro atoms. The molecule has 1 saturated carbocycles. The molecular formula is C18H17NO2. The maximum Gasteiger partial charge on any atom is 0.265 e. The summed E-state index contributed by atoms with van der Waals surface area (Å²) < 4.78 is 0. The Bertz CT molecular complexity index is 721. The Morgan fingerprint density at radius 3 is 2.67 bits per heavy atom. The molecule has 4 rings (SSSR count). The van der Waals surface area contributed by atoms with E-state index in [4.69, 9.17) is 0 Å². The van der Waals surface area contributed by atoms with Crippen molar-refractivity contribution >= 4 is 11.6 Å². The topological polar surface area (TPSA) is 49.3 Å². The minimum absolute atomic E-state index is 0.366. The molecule has 0 bridgehead atoms. The average molecular weight is 279 g/mol. The highest BCUT2D eigenvalue weighted by molar-refractivity contribution is 6.07. The van der Waals surface area contributed by atoms with Crippen molar-refractivity contribution in [2.24, 2.45) is 0 Å². The zero-order valence-electron chi connectivity index (χ0n) is 11.7. The van der Waals surface area contributed by atoms with Crippen LogP contribution in [-0.4, -0.2) is 11.0 Å². The van der Waals surface area contributed by atoms with E-state index in [0.717, 1.165) is 0 Å². The number of anilines is 1. The maximum absolute atomic E-state index is 12.4. The monoisotopic (exact) mass is 279 g/mol. The van der Waals surface area contributed by atoms with Gasteiger partial charge < -0.3 is 10.4 Å². The summed E-state index contributed by atoms with van der Waals surface area (Å²) in [6, 6.07) is 15.2. The number of rotatable bonds is 2. The van der Waals surface area contributed by atoms with Gasteiger partial charge in [-0.2, -0.15) is 0 Å². The third-order valence-electron chi connectivity index (χ3n) is 4.77. The number of amides is 1. The Labute approximate surface area is 123 Å². The van der Waals surface area contributed by atoms with Crippen molar-refractivity contribution in [2.75, 3.05) is 5.32 Å². The van der Waals surface area contributed by atoms with Crippen LogP contribution >= 0.6 is 0 Å². The van der Waals surface area contributed by atoms with Crippen molar-refractivity contribution in [3.8, 4) is 0 Å². The lowest BCUT2D eigenvalue weighted by Gasteiger charge is -2.28. The summed E-state index contributed by atoms with van der Waals surface area (Å²) >= 11 is 0. The van der Waals surface area contributed by atoms with E-state index < -0.39 is 5.60 Å². The number of nitrogens with one attached hydrogen (secondary N) is 1. The first-order valence-electron chi connectivity index (χ1n) is 7.43. The van der Waals surface area contributed by atoms with Crippen LogP contribution in [0.2, 0.25) is 0 Å². The molecule has 2 N–H and O–H groups in total. The Kier molecular flexibility index (Phi) is 2.66. The number of aliphatic hydroxyl groups is 1. The summed E-state index contributed by atoms with van der Waals surface area (Å²) in [5.74, 6) is 0.211. The van der Waals surface area contributed by atoms with Gasteiger partial charge in [-0.3, -0.25) is 4.79 Å². The molecule has 3 nitrogen and oxygen atoms in total. The van der Waals surface area contributed by atoms with Gasteiger partial charge in [-0.25, -0.2) is 0 Å². The largest absolute Gasteiger partial charge is 0.372 e. The Morgan fingerprint density at radius 2 is 1.90 bits per heavy atom. The molecule has 0 aromatic heterocycles. The van der Waals surface area contributed by atoms with E-state index in [1.165, 1.54) is 24.8 Å². The van der Waals surface area contributed by atoms with Gasteiger partial charge in [0.15, 0.2) is 5.60 Å². The third kappa shape index (κ3) is 1.74. The maximum atomic E-state index is 12.4. The molecule has 1 unspecified atom stereocenters. The van der Waals surface area contributed by atoms with Gasteiger partial charge in [-0.15, -0.1) is 0 Å². The van der Waals surface area contributed by atoms with Gasteiger partial charge in [0.1, 0.15) is 0 Å². The van der Waals surface area contributed by atoms with Crippen LogP contribution < -0.4 is 5.32 Å². The highest BCUT2D eigenvalue weighted by Gasteiger charge is 2.46. The number of carbonyl (C=O) groups excluding carboxylic acids is 1. The van der Waals surface area contributed by atoms with Crippen LogP contribution in [0.15, 0.2) is 48.5 Å². The van der Waals surface area contributed by atoms with Crippen molar-refractivity contribution in [1.82, 2.24) is 0 Å². The molecule has 2 aliphatic rings. The first-order chi connectivity index (χ1) is 10.2. The molecular weight excluding hydrogens is 262 g/mol. The average Bonchev–Trinajstić information content (AvgIpc) is 2.71. The first kappa shape index (κ1) is 12.6. The molecule has 2 aromatic carbocycles. The van der Waals surface area contributed by atoms with Gasteiger partial charge >= 0.3 is 0 Å². The van der Waals surface area contributed by atoms with Gasteiger partial charge in [0.25, 0.3) is 5.91 Å². The minimum atomic E-state index is -1.57. The quantitative estimate of drug-likeness (QED) is 0.887. The molecule has 0 radical (unpaired) electrons. The van der Waals surface area contributed by atoms with Crippen LogP contribution in [0.5, 0.6) is 0 Å². The van der Waals surface area contributed by atoms with Gasteiger partial charge in [0, 0.05) is 11.3 Å². The summed E-state index contributed by atoms with van der Waals surface area (Å²) in [5.41, 5.74) is 1.65. The molecule has 1 fully saturated rings. The van der Waals surface area contributed by atoms with E-state index in [-0.39, 0.29) is 5.91 Å². The number of hydrogen-bond donors (Lipinski definition) is 2. The van der Waals surface area contributed by atoms with Crippen molar-refractivity contribution in [3.05, 3.63) is 65.2 Å². The SMILES string of the molecule is O=C1Nc2ccccc2C1(O)c1cccc(C2CCC2)c1. The molecule has 106 valence electrons. The molecule has 3 heteroatoms. The summed E-state index contributed by atoms with van der Waals surface area (Å²) in [7, 11) is 0. The lowest BCUT2D eigenvalue weighted by Crippen LogP contribution is -2.35. The Hall–Kier alpha value is -2.13. The molecule has 2 aromatic rings. The third-order valence-corrected chi connectivity index (χ3v) is 4.77. The number of fused-ring (bicyclic) bond motifs is 1. The lowest BCUT2D eigenvalue weighted by atomic mass is 9.78. The van der Waals surface area contributed by atoms with Crippen molar-refractivity contribution in [2.45, 2.75) is 30.8 Å². The number of para-hydroxylation sites is 1. The zero-order chi connectivity index (χ0) is 14.4. The van der Waals surface area contributed by atoms with Crippen LogP contribution in [0.1, 0.15) is 41.9 Å². The van der Waals surface area contributed by atoms with E-state index >= 15 is 0 Å². The van der Waals surface area contributed by atoms with E-state index in [1.807, 2.05) is 42.5 Å². The molecule has 1 amide bonds. The van der Waals surface area contributed by atoms with Crippen molar-refractivity contribution in [3.63, 3.8) is 0 Å². The normalized spacial score (nSPS) is 24.3. The van der Waals surface area contributed by atoms with Crippen LogP contribution in [0.4, 0.5) is 5.69 Å². The van der Waals surface area contributed by atoms with E-state index in [2.05, 4.69) is 11.4 Å². The van der Waals surface area contributed by atoms with Crippen LogP contribution in [-0.2, 0) is 10.4 Å². The number of hydrogen-bond acceptors (Lipinski definition) is 2. The second kappa shape index (κ2) is 4.43. The van der Waals surface area contributed by atoms with Crippen LogP contribution in [0.3, 0.4) is 0 Å². The lowest BCUT2D eigenvalue weighted by molar-refractivity contribution is -0.129. The van der Waals surface area contributed by atoms with Gasteiger partial charge in [0.05, 0.1) is 0 Å². The van der Waals surface area contributed by atoms with Crippen LogP contribution in [0, 0.1) is 0 Å². The highest BCUT2D eigenvalue weighted by atomic mass is 16.3. The predicted molar refractivity (Wildman–Crippen MR) is 81.1 cm³/mol. The smallest absolute Gasteiger partial charge is 0.265 e. The van der Waals surface area contributed by atoms with E-state index in [0.29, 0.717) is 22.7 Å². The standard InChI is InChI=1S/C18H17NO2/c20-17-18(21,15-9-1-2-10-16(15)19-17)14-8-4-7-13(11-14)12-5-3-6-12/h1-2,4,7-12,21H,3,5-6H2,(H,19,20). The number of benzene rings is 2. The molecule has 1 aliphatic carbocycles. The second-order valence-corrected chi connectivity index (χ2v) is 5.96. The van der Waals surface area contributed by atoms with Gasteiger partial charge in [-0.05, 0) is 36.0 Å². The van der Waals surface area contributed by atoms with E-state index in [1.54, 1.807) is 0 Å².